The second-order valence-corrected chi connectivity index (χ2v) is 9.86. The molecular formula is C26H21N3O4S. The van der Waals surface area contributed by atoms with E-state index < -0.39 is 10.0 Å². The van der Waals surface area contributed by atoms with Crippen molar-refractivity contribution in [1.29, 1.82) is 0 Å². The van der Waals surface area contributed by atoms with Gasteiger partial charge in [-0.15, -0.1) is 0 Å². The van der Waals surface area contributed by atoms with Gasteiger partial charge >= 0.3 is 0 Å². The fourth-order valence-electron chi connectivity index (χ4n) is 4.02. The van der Waals surface area contributed by atoms with Crippen LogP contribution in [0.4, 0.5) is 5.69 Å². The van der Waals surface area contributed by atoms with E-state index in [-0.39, 0.29) is 18.2 Å². The first-order chi connectivity index (χ1) is 16.3. The zero-order valence-corrected chi connectivity index (χ0v) is 19.1. The summed E-state index contributed by atoms with van der Waals surface area (Å²) in [5, 5.41) is 15.1. The van der Waals surface area contributed by atoms with Crippen molar-refractivity contribution < 1.29 is 18.3 Å². The summed E-state index contributed by atoms with van der Waals surface area (Å²) in [6, 6.07) is 24.1. The van der Waals surface area contributed by atoms with E-state index in [0.29, 0.717) is 21.9 Å². The highest BCUT2D eigenvalue weighted by Crippen LogP contribution is 2.42. The number of phenols is 1. The standard InChI is InChI=1S/C26H21N3O4S/c1-17(19-12-14-22(30)15-13-19)27-28-26(31)21-10-8-18(9-11-21)16-29-23-6-2-4-20-5-3-7-24(25(20)23)34(29,32)33/h2-15,30H,16H2,1H3,(H,28,31). The quantitative estimate of drug-likeness (QED) is 0.333. The van der Waals surface area contributed by atoms with Crippen LogP contribution in [0.25, 0.3) is 10.8 Å². The topological polar surface area (TPSA) is 99.1 Å². The van der Waals surface area contributed by atoms with E-state index in [9.17, 15) is 18.3 Å². The molecule has 1 aliphatic rings. The molecule has 0 spiro atoms. The van der Waals surface area contributed by atoms with Crippen LogP contribution in [-0.2, 0) is 16.6 Å². The Morgan fingerprint density at radius 1 is 0.912 bits per heavy atom. The summed E-state index contributed by atoms with van der Waals surface area (Å²) >= 11 is 0. The predicted octanol–water partition coefficient (Wildman–Crippen LogP) is 4.41. The lowest BCUT2D eigenvalue weighted by Gasteiger charge is -2.19. The van der Waals surface area contributed by atoms with Gasteiger partial charge in [-0.2, -0.15) is 5.10 Å². The maximum atomic E-state index is 13.2. The van der Waals surface area contributed by atoms with Gasteiger partial charge in [-0.25, -0.2) is 13.8 Å². The highest BCUT2D eigenvalue weighted by Gasteiger charge is 2.35. The van der Waals surface area contributed by atoms with Crippen molar-refractivity contribution in [3.63, 3.8) is 0 Å². The molecule has 0 atom stereocenters. The number of benzene rings is 4. The second kappa shape index (κ2) is 8.31. The molecule has 0 bridgehead atoms. The lowest BCUT2D eigenvalue weighted by molar-refractivity contribution is 0.0955. The first-order valence-corrected chi connectivity index (χ1v) is 12.1. The predicted molar refractivity (Wildman–Crippen MR) is 132 cm³/mol. The van der Waals surface area contributed by atoms with E-state index in [1.165, 1.54) is 4.31 Å². The molecule has 8 heteroatoms. The van der Waals surface area contributed by atoms with Gasteiger partial charge < -0.3 is 5.11 Å². The number of carbonyl (C=O) groups excluding carboxylic acids is 1. The lowest BCUT2D eigenvalue weighted by atomic mass is 10.1. The summed E-state index contributed by atoms with van der Waals surface area (Å²) in [6.45, 7) is 1.92. The molecule has 5 rings (SSSR count). The molecule has 170 valence electrons. The van der Waals surface area contributed by atoms with Gasteiger partial charge in [0.15, 0.2) is 0 Å². The van der Waals surface area contributed by atoms with Gasteiger partial charge in [-0.05, 0) is 72.0 Å². The number of aromatic hydroxyl groups is 1. The third-order valence-corrected chi connectivity index (χ3v) is 7.64. The maximum absolute atomic E-state index is 13.2. The Morgan fingerprint density at radius 2 is 1.56 bits per heavy atom. The molecule has 4 aromatic carbocycles. The van der Waals surface area contributed by atoms with Gasteiger partial charge in [0.2, 0.25) is 0 Å². The average Bonchev–Trinajstić information content (AvgIpc) is 3.06. The summed E-state index contributed by atoms with van der Waals surface area (Å²) in [5.41, 5.74) is 5.72. The van der Waals surface area contributed by atoms with Crippen molar-refractivity contribution in [3.05, 3.63) is 102 Å². The summed E-state index contributed by atoms with van der Waals surface area (Å²) in [6.07, 6.45) is 0. The van der Waals surface area contributed by atoms with E-state index >= 15 is 0 Å². The Kier molecular flexibility index (Phi) is 5.30. The van der Waals surface area contributed by atoms with Crippen molar-refractivity contribution >= 4 is 38.1 Å². The van der Waals surface area contributed by atoms with Crippen LogP contribution in [0.2, 0.25) is 0 Å². The van der Waals surface area contributed by atoms with E-state index in [1.807, 2.05) is 24.3 Å². The number of sulfonamides is 1. The molecule has 2 N–H and O–H groups in total. The molecule has 0 radical (unpaired) electrons. The fraction of sp³-hybridized carbons (Fsp3) is 0.0769. The van der Waals surface area contributed by atoms with Crippen molar-refractivity contribution in [3.8, 4) is 5.75 Å². The summed E-state index contributed by atoms with van der Waals surface area (Å²) < 4.78 is 27.7. The smallest absolute Gasteiger partial charge is 0.271 e. The number of anilines is 1. The molecule has 0 aliphatic carbocycles. The summed E-state index contributed by atoms with van der Waals surface area (Å²) in [4.78, 5) is 12.8. The first kappa shape index (κ1) is 21.7. The van der Waals surface area contributed by atoms with Crippen LogP contribution in [0.5, 0.6) is 5.75 Å². The van der Waals surface area contributed by atoms with Crippen molar-refractivity contribution in [2.24, 2.45) is 5.10 Å². The minimum absolute atomic E-state index is 0.156. The number of hydrogen-bond donors (Lipinski definition) is 2. The van der Waals surface area contributed by atoms with Crippen LogP contribution in [0, 0.1) is 0 Å². The number of carbonyl (C=O) groups is 1. The van der Waals surface area contributed by atoms with Crippen LogP contribution < -0.4 is 9.73 Å². The molecular weight excluding hydrogens is 450 g/mol. The van der Waals surface area contributed by atoms with E-state index in [1.54, 1.807) is 67.6 Å². The van der Waals surface area contributed by atoms with Gasteiger partial charge in [-0.1, -0.05) is 36.4 Å². The van der Waals surface area contributed by atoms with Gasteiger partial charge in [0, 0.05) is 10.9 Å². The zero-order valence-electron chi connectivity index (χ0n) is 18.3. The van der Waals surface area contributed by atoms with E-state index in [0.717, 1.165) is 21.9 Å². The zero-order chi connectivity index (χ0) is 23.9. The molecule has 0 aromatic heterocycles. The summed E-state index contributed by atoms with van der Waals surface area (Å²) in [7, 11) is -3.65. The van der Waals surface area contributed by atoms with Crippen LogP contribution in [-0.4, -0.2) is 25.1 Å². The van der Waals surface area contributed by atoms with E-state index in [4.69, 9.17) is 0 Å². The molecule has 1 heterocycles. The normalized spacial score (nSPS) is 14.4. The van der Waals surface area contributed by atoms with Crippen LogP contribution in [0.1, 0.15) is 28.4 Å². The maximum Gasteiger partial charge on any atom is 0.271 e. The minimum Gasteiger partial charge on any atom is -0.508 e. The molecule has 0 unspecified atom stereocenters. The average molecular weight is 472 g/mol. The Bertz CT molecular complexity index is 1540. The van der Waals surface area contributed by atoms with Gasteiger partial charge in [0.05, 0.1) is 22.8 Å². The molecule has 1 amide bonds. The number of phenolic OH excluding ortho intramolecular Hbond substituents is 1. The highest BCUT2D eigenvalue weighted by molar-refractivity contribution is 7.93. The minimum atomic E-state index is -3.65. The first-order valence-electron chi connectivity index (χ1n) is 10.6. The molecule has 0 saturated heterocycles. The molecule has 4 aromatic rings. The Morgan fingerprint density at radius 3 is 2.26 bits per heavy atom. The number of nitrogens with zero attached hydrogens (tertiary/aromatic N) is 2. The SMILES string of the molecule is CC(=NNC(=O)c1ccc(CN2c3cccc4cccc(c34)S2(=O)=O)cc1)c1ccc(O)cc1. The van der Waals surface area contributed by atoms with Gasteiger partial charge in [-0.3, -0.25) is 9.10 Å². The molecule has 7 nitrogen and oxygen atoms in total. The number of hydrazone groups is 1. The monoisotopic (exact) mass is 471 g/mol. The third kappa shape index (κ3) is 3.78. The number of nitrogens with one attached hydrogen (secondary N) is 1. The Balaban J connectivity index is 1.32. The number of hydrogen-bond acceptors (Lipinski definition) is 5. The number of amides is 1. The van der Waals surface area contributed by atoms with Gasteiger partial charge in [0.25, 0.3) is 15.9 Å². The largest absolute Gasteiger partial charge is 0.508 e. The van der Waals surface area contributed by atoms with E-state index in [2.05, 4.69) is 10.5 Å². The van der Waals surface area contributed by atoms with Crippen LogP contribution >= 0.6 is 0 Å². The lowest BCUT2D eigenvalue weighted by Crippen LogP contribution is -2.26. The fourth-order valence-corrected chi connectivity index (χ4v) is 5.72. The second-order valence-electron chi connectivity index (χ2n) is 8.03. The van der Waals surface area contributed by atoms with Crippen molar-refractivity contribution in [1.82, 2.24) is 5.43 Å². The van der Waals surface area contributed by atoms with Gasteiger partial charge in [0.1, 0.15) is 5.75 Å². The summed E-state index contributed by atoms with van der Waals surface area (Å²) in [5.74, 6) is -0.224. The van der Waals surface area contributed by atoms with Crippen molar-refractivity contribution in [2.45, 2.75) is 18.4 Å². The number of rotatable bonds is 5. The molecule has 0 saturated carbocycles. The van der Waals surface area contributed by atoms with Crippen LogP contribution in [0.3, 0.4) is 0 Å². The molecule has 34 heavy (non-hydrogen) atoms. The van der Waals surface area contributed by atoms with Crippen LogP contribution in [0.15, 0.2) is 94.9 Å². The highest BCUT2D eigenvalue weighted by atomic mass is 32.2. The molecule has 0 fully saturated rings. The Labute approximate surface area is 197 Å². The van der Waals surface area contributed by atoms with Crippen molar-refractivity contribution in [2.75, 3.05) is 4.31 Å². The Hall–Kier alpha value is -4.17. The third-order valence-electron chi connectivity index (χ3n) is 5.83. The molecule has 1 aliphatic heterocycles.